The van der Waals surface area contributed by atoms with E-state index in [1.807, 2.05) is 6.92 Å². The van der Waals surface area contributed by atoms with E-state index in [-0.39, 0.29) is 18.2 Å². The molecule has 0 aliphatic rings. The molecule has 0 unspecified atom stereocenters. The molecule has 0 aliphatic carbocycles. The van der Waals surface area contributed by atoms with Crippen LogP contribution in [0.1, 0.15) is 21.7 Å². The van der Waals surface area contributed by atoms with Gasteiger partial charge in [0.15, 0.2) is 12.4 Å². The van der Waals surface area contributed by atoms with Crippen molar-refractivity contribution < 1.29 is 18.7 Å². The SMILES string of the molecule is Cc1cc(OCC(=O)Nc2c(C(=O)c3ccc(Cl)cc3)oc3ccccc23)ccc1Cl. The number of anilines is 1. The second kappa shape index (κ2) is 8.84. The van der Waals surface area contributed by atoms with Crippen LogP contribution < -0.4 is 10.1 Å². The largest absolute Gasteiger partial charge is 0.484 e. The zero-order valence-corrected chi connectivity index (χ0v) is 18.0. The molecular formula is C24H17Cl2NO4. The Kier molecular flexibility index (Phi) is 5.98. The Labute approximate surface area is 188 Å². The molecule has 0 radical (unpaired) electrons. The molecule has 0 bridgehead atoms. The number of halogens is 2. The lowest BCUT2D eigenvalue weighted by Crippen LogP contribution is -2.21. The highest BCUT2D eigenvalue weighted by Gasteiger charge is 2.23. The predicted molar refractivity (Wildman–Crippen MR) is 121 cm³/mol. The van der Waals surface area contributed by atoms with E-state index in [9.17, 15) is 9.59 Å². The van der Waals surface area contributed by atoms with Crippen molar-refractivity contribution in [3.05, 3.63) is 93.7 Å². The van der Waals surface area contributed by atoms with Gasteiger partial charge in [0, 0.05) is 21.0 Å². The highest BCUT2D eigenvalue weighted by atomic mass is 35.5. The molecule has 0 fully saturated rings. The van der Waals surface area contributed by atoms with E-state index >= 15 is 0 Å². The van der Waals surface area contributed by atoms with Gasteiger partial charge in [-0.15, -0.1) is 0 Å². The first kappa shape index (κ1) is 21.0. The van der Waals surface area contributed by atoms with Gasteiger partial charge < -0.3 is 14.5 Å². The van der Waals surface area contributed by atoms with Gasteiger partial charge >= 0.3 is 0 Å². The molecule has 1 N–H and O–H groups in total. The minimum Gasteiger partial charge on any atom is -0.484 e. The molecule has 1 aromatic heterocycles. The second-order valence-corrected chi connectivity index (χ2v) is 7.73. The normalized spacial score (nSPS) is 10.8. The zero-order valence-electron chi connectivity index (χ0n) is 16.4. The first-order valence-electron chi connectivity index (χ1n) is 9.43. The van der Waals surface area contributed by atoms with E-state index in [0.29, 0.717) is 38.0 Å². The third kappa shape index (κ3) is 4.58. The van der Waals surface area contributed by atoms with E-state index in [4.69, 9.17) is 32.4 Å². The van der Waals surface area contributed by atoms with Crippen LogP contribution in [0.5, 0.6) is 5.75 Å². The van der Waals surface area contributed by atoms with Gasteiger partial charge in [-0.3, -0.25) is 9.59 Å². The number of hydrogen-bond acceptors (Lipinski definition) is 4. The minimum absolute atomic E-state index is 0.0409. The molecule has 1 heterocycles. The van der Waals surface area contributed by atoms with Crippen LogP contribution in [0.3, 0.4) is 0 Å². The maximum Gasteiger partial charge on any atom is 0.262 e. The lowest BCUT2D eigenvalue weighted by atomic mass is 10.1. The summed E-state index contributed by atoms with van der Waals surface area (Å²) in [4.78, 5) is 25.6. The average molecular weight is 454 g/mol. The monoisotopic (exact) mass is 453 g/mol. The van der Waals surface area contributed by atoms with Gasteiger partial charge in [0.1, 0.15) is 11.3 Å². The van der Waals surface area contributed by atoms with Crippen molar-refractivity contribution >= 4 is 51.5 Å². The van der Waals surface area contributed by atoms with Crippen molar-refractivity contribution in [2.75, 3.05) is 11.9 Å². The van der Waals surface area contributed by atoms with Gasteiger partial charge in [-0.1, -0.05) is 35.3 Å². The van der Waals surface area contributed by atoms with Crippen molar-refractivity contribution in [1.29, 1.82) is 0 Å². The zero-order chi connectivity index (χ0) is 22.0. The minimum atomic E-state index is -0.427. The molecule has 4 aromatic rings. The number of rotatable bonds is 6. The smallest absolute Gasteiger partial charge is 0.262 e. The Morgan fingerprint density at radius 2 is 1.74 bits per heavy atom. The maximum atomic E-state index is 13.0. The Balaban J connectivity index is 1.59. The summed E-state index contributed by atoms with van der Waals surface area (Å²) >= 11 is 11.9. The van der Waals surface area contributed by atoms with E-state index in [1.54, 1.807) is 66.7 Å². The van der Waals surface area contributed by atoms with Crippen LogP contribution in [-0.2, 0) is 4.79 Å². The predicted octanol–water partition coefficient (Wildman–Crippen LogP) is 6.30. The van der Waals surface area contributed by atoms with E-state index < -0.39 is 5.91 Å². The number of amides is 1. The Bertz CT molecular complexity index is 1280. The molecule has 3 aromatic carbocycles. The average Bonchev–Trinajstić information content (AvgIpc) is 3.13. The molecule has 4 rings (SSSR count). The van der Waals surface area contributed by atoms with Crippen LogP contribution in [0.15, 0.2) is 71.1 Å². The van der Waals surface area contributed by atoms with Crippen LogP contribution >= 0.6 is 23.2 Å². The molecule has 0 saturated heterocycles. The number of nitrogens with one attached hydrogen (secondary N) is 1. The number of carbonyl (C=O) groups is 2. The number of carbonyl (C=O) groups excluding carboxylic acids is 2. The third-order valence-corrected chi connectivity index (χ3v) is 5.35. The quantitative estimate of drug-likeness (QED) is 0.348. The summed E-state index contributed by atoms with van der Waals surface area (Å²) in [6.07, 6.45) is 0. The molecule has 7 heteroatoms. The summed E-state index contributed by atoms with van der Waals surface area (Å²) in [5.74, 6) is -0.229. The Morgan fingerprint density at radius 3 is 2.48 bits per heavy atom. The van der Waals surface area contributed by atoms with E-state index in [1.165, 1.54) is 0 Å². The van der Waals surface area contributed by atoms with E-state index in [2.05, 4.69) is 5.32 Å². The summed E-state index contributed by atoms with van der Waals surface area (Å²) in [5.41, 5.74) is 2.03. The summed E-state index contributed by atoms with van der Waals surface area (Å²) < 4.78 is 11.3. The van der Waals surface area contributed by atoms with Crippen LogP contribution in [0.2, 0.25) is 10.0 Å². The standard InChI is InChI=1S/C24H17Cl2NO4/c1-14-12-17(10-11-19(14)26)30-13-21(28)27-22-18-4-2-3-5-20(18)31-24(22)23(29)15-6-8-16(25)9-7-15/h2-12H,13H2,1H3,(H,27,28). The maximum absolute atomic E-state index is 13.0. The molecule has 5 nitrogen and oxygen atoms in total. The topological polar surface area (TPSA) is 68.5 Å². The van der Waals surface area contributed by atoms with Crippen LogP contribution in [0.4, 0.5) is 5.69 Å². The van der Waals surface area contributed by atoms with Gasteiger partial charge in [-0.2, -0.15) is 0 Å². The van der Waals surface area contributed by atoms with Crippen molar-refractivity contribution in [3.63, 3.8) is 0 Å². The molecule has 0 atom stereocenters. The molecule has 0 spiro atoms. The highest BCUT2D eigenvalue weighted by Crippen LogP contribution is 2.32. The van der Waals surface area contributed by atoms with Crippen molar-refractivity contribution in [1.82, 2.24) is 0 Å². The summed E-state index contributed by atoms with van der Waals surface area (Å²) in [7, 11) is 0. The van der Waals surface area contributed by atoms with Gasteiger partial charge in [0.2, 0.25) is 5.78 Å². The first-order valence-corrected chi connectivity index (χ1v) is 10.2. The fourth-order valence-corrected chi connectivity index (χ4v) is 3.34. The number of furan rings is 1. The van der Waals surface area contributed by atoms with Crippen molar-refractivity contribution in [3.8, 4) is 5.75 Å². The Hall–Kier alpha value is -3.28. The summed E-state index contributed by atoms with van der Waals surface area (Å²) in [6.45, 7) is 1.61. The summed E-state index contributed by atoms with van der Waals surface area (Å²) in [5, 5.41) is 4.52. The number of benzene rings is 3. The molecule has 156 valence electrons. The van der Waals surface area contributed by atoms with Gasteiger partial charge in [0.05, 0.1) is 5.69 Å². The first-order chi connectivity index (χ1) is 14.9. The number of ketones is 1. The summed E-state index contributed by atoms with van der Waals surface area (Å²) in [6, 6.07) is 18.7. The molecular weight excluding hydrogens is 437 g/mol. The lowest BCUT2D eigenvalue weighted by molar-refractivity contribution is -0.118. The molecule has 0 aliphatic heterocycles. The second-order valence-electron chi connectivity index (χ2n) is 6.89. The van der Waals surface area contributed by atoms with Crippen molar-refractivity contribution in [2.45, 2.75) is 6.92 Å². The number of fused-ring (bicyclic) bond motifs is 1. The number of aryl methyl sites for hydroxylation is 1. The third-order valence-electron chi connectivity index (χ3n) is 4.67. The highest BCUT2D eigenvalue weighted by molar-refractivity contribution is 6.31. The number of para-hydroxylation sites is 1. The Morgan fingerprint density at radius 1 is 1.00 bits per heavy atom. The van der Waals surface area contributed by atoms with Gasteiger partial charge in [-0.05, 0) is 67.1 Å². The van der Waals surface area contributed by atoms with Crippen LogP contribution in [-0.4, -0.2) is 18.3 Å². The molecule has 1 amide bonds. The number of hydrogen-bond donors (Lipinski definition) is 1. The van der Waals surface area contributed by atoms with Crippen LogP contribution in [0.25, 0.3) is 11.0 Å². The lowest BCUT2D eigenvalue weighted by Gasteiger charge is -2.09. The molecule has 0 saturated carbocycles. The van der Waals surface area contributed by atoms with Crippen LogP contribution in [0, 0.1) is 6.92 Å². The van der Waals surface area contributed by atoms with Crippen molar-refractivity contribution in [2.24, 2.45) is 0 Å². The number of ether oxygens (including phenoxy) is 1. The fraction of sp³-hybridized carbons (Fsp3) is 0.0833. The van der Waals surface area contributed by atoms with Gasteiger partial charge in [0.25, 0.3) is 5.91 Å². The molecule has 31 heavy (non-hydrogen) atoms. The fourth-order valence-electron chi connectivity index (χ4n) is 3.09. The van der Waals surface area contributed by atoms with E-state index in [0.717, 1.165) is 5.56 Å². The van der Waals surface area contributed by atoms with Gasteiger partial charge in [-0.25, -0.2) is 0 Å².